The first kappa shape index (κ1) is 17.3. The number of amides is 1. The second kappa shape index (κ2) is 8.03. The van der Waals surface area contributed by atoms with E-state index in [1.807, 2.05) is 62.4 Å². The quantitative estimate of drug-likeness (QED) is 0.807. The molecule has 5 heteroatoms. The summed E-state index contributed by atoms with van der Waals surface area (Å²) in [7, 11) is 0. The van der Waals surface area contributed by atoms with Gasteiger partial charge in [0.05, 0.1) is 6.61 Å². The number of anilines is 1. The molecule has 2 aromatic rings. The molecule has 0 bridgehead atoms. The Hall–Kier alpha value is -2.53. The van der Waals surface area contributed by atoms with Crippen LogP contribution in [0.5, 0.6) is 17.2 Å². The average Bonchev–Trinajstić information content (AvgIpc) is 2.57. The third-order valence-corrected chi connectivity index (χ3v) is 4.43. The molecule has 1 saturated heterocycles. The predicted molar refractivity (Wildman–Crippen MR) is 98.3 cm³/mol. The van der Waals surface area contributed by atoms with Crippen LogP contribution in [0.2, 0.25) is 0 Å². The first-order chi connectivity index (χ1) is 12.2. The van der Waals surface area contributed by atoms with Gasteiger partial charge in [-0.3, -0.25) is 4.79 Å². The van der Waals surface area contributed by atoms with Crippen molar-refractivity contribution < 1.29 is 14.3 Å². The van der Waals surface area contributed by atoms with Crippen molar-refractivity contribution in [3.05, 3.63) is 48.5 Å². The number of hydrogen-bond donors (Lipinski definition) is 2. The predicted octanol–water partition coefficient (Wildman–Crippen LogP) is 3.67. The minimum atomic E-state index is 0.0148. The number of carbonyl (C=O) groups is 1. The Bertz CT molecular complexity index is 694. The van der Waals surface area contributed by atoms with Gasteiger partial charge < -0.3 is 20.1 Å². The number of carbonyl (C=O) groups excluding carboxylic acids is 1. The fourth-order valence-electron chi connectivity index (χ4n) is 2.65. The molecule has 1 amide bonds. The minimum absolute atomic E-state index is 0.0148. The molecular formula is C20H24N2O3. The smallest absolute Gasteiger partial charge is 0.227 e. The van der Waals surface area contributed by atoms with E-state index in [-0.39, 0.29) is 11.8 Å². The molecule has 0 aliphatic carbocycles. The fraction of sp³-hybridized carbons (Fsp3) is 0.350. The van der Waals surface area contributed by atoms with Crippen LogP contribution in [-0.4, -0.2) is 25.6 Å². The molecule has 2 N–H and O–H groups in total. The first-order valence-corrected chi connectivity index (χ1v) is 8.68. The molecule has 1 aliphatic rings. The van der Waals surface area contributed by atoms with E-state index in [9.17, 15) is 4.79 Å². The largest absolute Gasteiger partial charge is 0.494 e. The molecule has 0 aromatic heterocycles. The zero-order valence-electron chi connectivity index (χ0n) is 14.6. The summed E-state index contributed by atoms with van der Waals surface area (Å²) in [6.45, 7) is 6.41. The van der Waals surface area contributed by atoms with Crippen LogP contribution in [0.4, 0.5) is 5.69 Å². The zero-order valence-corrected chi connectivity index (χ0v) is 14.6. The summed E-state index contributed by atoms with van der Waals surface area (Å²) in [6, 6.07) is 14.9. The van der Waals surface area contributed by atoms with E-state index in [1.54, 1.807) is 0 Å². The Morgan fingerprint density at radius 3 is 2.16 bits per heavy atom. The van der Waals surface area contributed by atoms with Gasteiger partial charge in [-0.1, -0.05) is 6.92 Å². The molecule has 25 heavy (non-hydrogen) atoms. The summed E-state index contributed by atoms with van der Waals surface area (Å²) in [4.78, 5) is 12.2. The number of benzene rings is 2. The van der Waals surface area contributed by atoms with Crippen LogP contribution in [-0.2, 0) is 4.79 Å². The molecule has 0 radical (unpaired) electrons. The van der Waals surface area contributed by atoms with E-state index < -0.39 is 0 Å². The number of rotatable bonds is 7. The Kier molecular flexibility index (Phi) is 5.56. The van der Waals surface area contributed by atoms with Crippen molar-refractivity contribution in [3.63, 3.8) is 0 Å². The van der Waals surface area contributed by atoms with Crippen LogP contribution in [0.25, 0.3) is 0 Å². The van der Waals surface area contributed by atoms with Crippen LogP contribution < -0.4 is 20.1 Å². The van der Waals surface area contributed by atoms with Crippen molar-refractivity contribution in [3.8, 4) is 17.2 Å². The van der Waals surface area contributed by atoms with E-state index in [4.69, 9.17) is 9.47 Å². The van der Waals surface area contributed by atoms with E-state index in [0.29, 0.717) is 12.5 Å². The van der Waals surface area contributed by atoms with Crippen molar-refractivity contribution >= 4 is 11.6 Å². The highest BCUT2D eigenvalue weighted by molar-refractivity contribution is 5.92. The molecule has 132 valence electrons. The molecule has 1 unspecified atom stereocenters. The van der Waals surface area contributed by atoms with Gasteiger partial charge >= 0.3 is 0 Å². The zero-order chi connectivity index (χ0) is 17.6. The summed E-state index contributed by atoms with van der Waals surface area (Å²) in [5.41, 5.74) is 0.781. The maximum absolute atomic E-state index is 12.2. The number of hydrogen-bond acceptors (Lipinski definition) is 4. The monoisotopic (exact) mass is 340 g/mol. The van der Waals surface area contributed by atoms with Crippen molar-refractivity contribution in [1.82, 2.24) is 5.32 Å². The van der Waals surface area contributed by atoms with Crippen molar-refractivity contribution in [2.24, 2.45) is 11.8 Å². The SMILES string of the molecule is CCOc1ccc(Oc2ccc(NC(=O)C(C)C3CNC3)cc2)cc1. The Morgan fingerprint density at radius 1 is 1.08 bits per heavy atom. The maximum atomic E-state index is 12.2. The van der Waals surface area contributed by atoms with Gasteiger partial charge in [0.2, 0.25) is 5.91 Å². The van der Waals surface area contributed by atoms with Gasteiger partial charge in [0.1, 0.15) is 17.2 Å². The molecule has 5 nitrogen and oxygen atoms in total. The third-order valence-electron chi connectivity index (χ3n) is 4.43. The molecular weight excluding hydrogens is 316 g/mol. The lowest BCUT2D eigenvalue weighted by Crippen LogP contribution is -2.48. The van der Waals surface area contributed by atoms with E-state index in [0.717, 1.165) is 36.0 Å². The summed E-state index contributed by atoms with van der Waals surface area (Å²) in [6.07, 6.45) is 0. The highest BCUT2D eigenvalue weighted by atomic mass is 16.5. The second-order valence-electron chi connectivity index (χ2n) is 6.23. The summed E-state index contributed by atoms with van der Waals surface area (Å²) in [5, 5.41) is 6.16. The van der Waals surface area contributed by atoms with Gasteiger partial charge in [-0.15, -0.1) is 0 Å². The Balaban J connectivity index is 1.55. The summed E-state index contributed by atoms with van der Waals surface area (Å²) < 4.78 is 11.2. The van der Waals surface area contributed by atoms with Crippen LogP contribution in [0.3, 0.4) is 0 Å². The topological polar surface area (TPSA) is 59.6 Å². The maximum Gasteiger partial charge on any atom is 0.227 e. The van der Waals surface area contributed by atoms with Crippen molar-refractivity contribution in [2.75, 3.05) is 25.0 Å². The lowest BCUT2D eigenvalue weighted by Gasteiger charge is -2.31. The van der Waals surface area contributed by atoms with Gasteiger partial charge in [0.25, 0.3) is 0 Å². The minimum Gasteiger partial charge on any atom is -0.494 e. The lowest BCUT2D eigenvalue weighted by atomic mass is 9.88. The van der Waals surface area contributed by atoms with Gasteiger partial charge in [0.15, 0.2) is 0 Å². The molecule has 1 aliphatic heterocycles. The lowest BCUT2D eigenvalue weighted by molar-refractivity contribution is -0.121. The number of nitrogens with one attached hydrogen (secondary N) is 2. The highest BCUT2D eigenvalue weighted by Crippen LogP contribution is 2.25. The Labute approximate surface area is 148 Å². The van der Waals surface area contributed by atoms with Gasteiger partial charge in [-0.25, -0.2) is 0 Å². The van der Waals surface area contributed by atoms with Gasteiger partial charge in [-0.2, -0.15) is 0 Å². The highest BCUT2D eigenvalue weighted by Gasteiger charge is 2.28. The van der Waals surface area contributed by atoms with Crippen molar-refractivity contribution in [1.29, 1.82) is 0 Å². The van der Waals surface area contributed by atoms with Crippen LogP contribution in [0, 0.1) is 11.8 Å². The van der Waals surface area contributed by atoms with Gasteiger partial charge in [0, 0.05) is 11.6 Å². The van der Waals surface area contributed by atoms with E-state index in [2.05, 4.69) is 10.6 Å². The van der Waals surface area contributed by atoms with Gasteiger partial charge in [-0.05, 0) is 74.5 Å². The molecule has 2 aromatic carbocycles. The van der Waals surface area contributed by atoms with Crippen LogP contribution >= 0.6 is 0 Å². The molecule has 1 heterocycles. The average molecular weight is 340 g/mol. The van der Waals surface area contributed by atoms with E-state index >= 15 is 0 Å². The second-order valence-corrected chi connectivity index (χ2v) is 6.23. The summed E-state index contributed by atoms with van der Waals surface area (Å²) in [5.74, 6) is 2.79. The van der Waals surface area contributed by atoms with Crippen molar-refractivity contribution in [2.45, 2.75) is 13.8 Å². The van der Waals surface area contributed by atoms with E-state index in [1.165, 1.54) is 0 Å². The Morgan fingerprint density at radius 2 is 1.64 bits per heavy atom. The fourth-order valence-corrected chi connectivity index (χ4v) is 2.65. The normalized spacial score (nSPS) is 15.1. The van der Waals surface area contributed by atoms with Crippen LogP contribution in [0.15, 0.2) is 48.5 Å². The first-order valence-electron chi connectivity index (χ1n) is 8.68. The molecule has 0 saturated carbocycles. The third kappa shape index (κ3) is 4.51. The molecule has 0 spiro atoms. The number of ether oxygens (including phenoxy) is 2. The molecule has 3 rings (SSSR count). The van der Waals surface area contributed by atoms with Crippen LogP contribution in [0.1, 0.15) is 13.8 Å². The molecule has 1 atom stereocenters. The molecule has 1 fully saturated rings. The standard InChI is InChI=1S/C20H24N2O3/c1-3-24-17-8-10-19(11-9-17)25-18-6-4-16(5-7-18)22-20(23)14(2)15-12-21-13-15/h4-11,14-15,21H,3,12-13H2,1-2H3,(H,22,23). The summed E-state index contributed by atoms with van der Waals surface area (Å²) >= 11 is 0.